The van der Waals surface area contributed by atoms with Crippen molar-refractivity contribution >= 4 is 22.2 Å². The highest BCUT2D eigenvalue weighted by Gasteiger charge is 2.65. The number of ether oxygens (including phenoxy) is 2. The van der Waals surface area contributed by atoms with Crippen LogP contribution in [0, 0.1) is 11.8 Å². The molecule has 0 spiro atoms. The monoisotopic (exact) mass is 458 g/mol. The third-order valence-electron chi connectivity index (χ3n) is 4.21. The SMILES string of the molecule is C=C(C)C(=O)OC(C)CC(C)CC(C)CC(=O)Oc1ccc(S(F)(F)(F)(F)F)cc1. The molecule has 1 aromatic carbocycles. The van der Waals surface area contributed by atoms with Gasteiger partial charge in [-0.05, 0) is 62.8 Å². The number of hydrogen-bond acceptors (Lipinski definition) is 4. The summed E-state index contributed by atoms with van der Waals surface area (Å²) in [5.74, 6) is -1.39. The molecular formula is C20H27F5O4S. The predicted octanol–water partition coefficient (Wildman–Crippen LogP) is 7.20. The summed E-state index contributed by atoms with van der Waals surface area (Å²) < 4.78 is 73.6. The molecule has 0 bridgehead atoms. The number of esters is 2. The second-order valence-corrected chi connectivity index (χ2v) is 10.2. The highest BCUT2D eigenvalue weighted by molar-refractivity contribution is 8.45. The van der Waals surface area contributed by atoms with E-state index in [2.05, 4.69) is 6.58 Å². The van der Waals surface area contributed by atoms with Crippen molar-refractivity contribution < 1.29 is 38.5 Å². The van der Waals surface area contributed by atoms with Crippen molar-refractivity contribution in [2.24, 2.45) is 11.8 Å². The van der Waals surface area contributed by atoms with Gasteiger partial charge in [-0.1, -0.05) is 39.9 Å². The summed E-state index contributed by atoms with van der Waals surface area (Å²) in [4.78, 5) is 21.4. The van der Waals surface area contributed by atoms with E-state index in [1.54, 1.807) is 20.8 Å². The van der Waals surface area contributed by atoms with Crippen molar-refractivity contribution in [3.63, 3.8) is 0 Å². The van der Waals surface area contributed by atoms with Crippen LogP contribution in [0.2, 0.25) is 0 Å². The van der Waals surface area contributed by atoms with Crippen LogP contribution in [-0.4, -0.2) is 18.0 Å². The first-order valence-corrected chi connectivity index (χ1v) is 11.2. The lowest BCUT2D eigenvalue weighted by Gasteiger charge is -2.40. The Morgan fingerprint density at radius 3 is 1.97 bits per heavy atom. The minimum absolute atomic E-state index is 0.00637. The van der Waals surface area contributed by atoms with E-state index < -0.39 is 27.1 Å². The minimum Gasteiger partial charge on any atom is -0.459 e. The van der Waals surface area contributed by atoms with Crippen molar-refractivity contribution in [1.82, 2.24) is 0 Å². The standard InChI is InChI=1S/C20H27F5O4S/c1-13(2)20(27)28-16(5)11-14(3)10-15(4)12-19(26)29-17-6-8-18(9-7-17)30(21,22,23,24)25/h6-9,14-16H,1,10-12H2,2-5H3. The second kappa shape index (κ2) is 8.56. The molecule has 0 amide bonds. The zero-order valence-corrected chi connectivity index (χ0v) is 18.1. The molecular weight excluding hydrogens is 431 g/mol. The summed E-state index contributed by atoms with van der Waals surface area (Å²) in [6.45, 7) is 10.6. The molecule has 4 nitrogen and oxygen atoms in total. The second-order valence-electron chi connectivity index (χ2n) is 7.80. The van der Waals surface area contributed by atoms with Gasteiger partial charge < -0.3 is 9.47 Å². The van der Waals surface area contributed by atoms with Gasteiger partial charge >= 0.3 is 22.2 Å². The fourth-order valence-electron chi connectivity index (χ4n) is 2.99. The van der Waals surface area contributed by atoms with Crippen LogP contribution in [-0.2, 0) is 14.3 Å². The summed E-state index contributed by atoms with van der Waals surface area (Å²) in [5, 5.41) is 0. The van der Waals surface area contributed by atoms with Gasteiger partial charge in [-0.2, -0.15) is 0 Å². The molecule has 0 N–H and O–H groups in total. The highest BCUT2D eigenvalue weighted by Crippen LogP contribution is 3.02. The summed E-state index contributed by atoms with van der Waals surface area (Å²) in [7, 11) is -9.76. The largest absolute Gasteiger partial charge is 0.459 e. The van der Waals surface area contributed by atoms with Gasteiger partial charge in [0.1, 0.15) is 10.6 Å². The number of rotatable bonds is 10. The van der Waals surface area contributed by atoms with E-state index in [9.17, 15) is 29.0 Å². The Morgan fingerprint density at radius 2 is 1.50 bits per heavy atom. The topological polar surface area (TPSA) is 52.6 Å². The smallest absolute Gasteiger partial charge is 0.333 e. The van der Waals surface area contributed by atoms with E-state index in [-0.39, 0.29) is 42.2 Å². The predicted molar refractivity (Wildman–Crippen MR) is 106 cm³/mol. The van der Waals surface area contributed by atoms with E-state index in [1.165, 1.54) is 0 Å². The Kier molecular flexibility index (Phi) is 7.40. The first-order chi connectivity index (χ1) is 13.4. The molecule has 0 radical (unpaired) electrons. The number of carbonyl (C=O) groups excluding carboxylic acids is 2. The lowest BCUT2D eigenvalue weighted by atomic mass is 9.91. The molecule has 10 heteroatoms. The number of benzene rings is 1. The molecule has 30 heavy (non-hydrogen) atoms. The molecule has 1 rings (SSSR count). The molecule has 172 valence electrons. The lowest BCUT2D eigenvalue weighted by molar-refractivity contribution is -0.144. The number of halogens is 5. The van der Waals surface area contributed by atoms with Gasteiger partial charge in [0.25, 0.3) is 0 Å². The normalized spacial score (nSPS) is 17.1. The summed E-state index contributed by atoms with van der Waals surface area (Å²) >= 11 is 0. The van der Waals surface area contributed by atoms with E-state index in [4.69, 9.17) is 9.47 Å². The van der Waals surface area contributed by atoms with E-state index in [1.807, 2.05) is 6.92 Å². The van der Waals surface area contributed by atoms with E-state index in [0.717, 1.165) is 0 Å². The summed E-state index contributed by atoms with van der Waals surface area (Å²) in [6, 6.07) is 1.78. The molecule has 0 aliphatic rings. The Balaban J connectivity index is 2.53. The van der Waals surface area contributed by atoms with Gasteiger partial charge in [0.2, 0.25) is 0 Å². The fraction of sp³-hybridized carbons (Fsp3) is 0.500. The van der Waals surface area contributed by atoms with Gasteiger partial charge in [0.05, 0.1) is 6.10 Å². The van der Waals surface area contributed by atoms with Crippen molar-refractivity contribution in [3.05, 3.63) is 36.4 Å². The molecule has 0 saturated carbocycles. The average Bonchev–Trinajstić information content (AvgIpc) is 2.51. The molecule has 3 atom stereocenters. The third-order valence-corrected chi connectivity index (χ3v) is 5.37. The molecule has 0 aromatic heterocycles. The van der Waals surface area contributed by atoms with Crippen molar-refractivity contribution in [3.8, 4) is 5.75 Å². The maximum absolute atomic E-state index is 12.7. The maximum atomic E-state index is 12.7. The lowest BCUT2D eigenvalue weighted by Crippen LogP contribution is -2.20. The van der Waals surface area contributed by atoms with Crippen LogP contribution in [0.15, 0.2) is 41.3 Å². The first kappa shape index (κ1) is 25.9. The number of hydrogen-bond donors (Lipinski definition) is 0. The summed E-state index contributed by atoms with van der Waals surface area (Å²) in [5.41, 5.74) is 0.305. The average molecular weight is 458 g/mol. The van der Waals surface area contributed by atoms with Crippen LogP contribution in [0.3, 0.4) is 0 Å². The molecule has 0 aliphatic heterocycles. The van der Waals surface area contributed by atoms with Gasteiger partial charge in [0, 0.05) is 12.0 Å². The van der Waals surface area contributed by atoms with E-state index >= 15 is 0 Å². The van der Waals surface area contributed by atoms with Gasteiger partial charge in [-0.15, -0.1) is 0 Å². The Bertz CT molecular complexity index is 790. The Labute approximate surface area is 173 Å². The van der Waals surface area contributed by atoms with Gasteiger partial charge in [0.15, 0.2) is 0 Å². The molecule has 0 saturated heterocycles. The minimum atomic E-state index is -9.76. The zero-order valence-electron chi connectivity index (χ0n) is 17.3. The fourth-order valence-corrected chi connectivity index (χ4v) is 3.64. The van der Waals surface area contributed by atoms with Gasteiger partial charge in [-0.3, -0.25) is 4.79 Å². The van der Waals surface area contributed by atoms with Crippen LogP contribution in [0.1, 0.15) is 47.0 Å². The summed E-state index contributed by atoms with van der Waals surface area (Å²) in [6.07, 6.45) is 0.866. The van der Waals surface area contributed by atoms with Crippen LogP contribution < -0.4 is 4.74 Å². The third kappa shape index (κ3) is 9.15. The van der Waals surface area contributed by atoms with Crippen LogP contribution in [0.25, 0.3) is 0 Å². The molecule has 1 aromatic rings. The van der Waals surface area contributed by atoms with Gasteiger partial charge in [-0.25, -0.2) is 4.79 Å². The van der Waals surface area contributed by atoms with Crippen LogP contribution in [0.4, 0.5) is 19.4 Å². The Morgan fingerprint density at radius 1 is 0.967 bits per heavy atom. The number of carbonyl (C=O) groups is 2. The highest BCUT2D eigenvalue weighted by atomic mass is 32.5. The van der Waals surface area contributed by atoms with Crippen molar-refractivity contribution in [1.29, 1.82) is 0 Å². The Hall–Kier alpha value is -2.10. The molecule has 3 unspecified atom stereocenters. The van der Waals surface area contributed by atoms with Crippen molar-refractivity contribution in [2.45, 2.75) is 58.0 Å². The molecule has 0 aliphatic carbocycles. The maximum Gasteiger partial charge on any atom is 0.333 e. The van der Waals surface area contributed by atoms with Crippen molar-refractivity contribution in [2.75, 3.05) is 0 Å². The van der Waals surface area contributed by atoms with Crippen LogP contribution >= 0.6 is 10.2 Å². The van der Waals surface area contributed by atoms with Crippen LogP contribution in [0.5, 0.6) is 5.75 Å². The molecule has 0 heterocycles. The molecule has 0 fully saturated rings. The zero-order chi connectivity index (χ0) is 23.4. The van der Waals surface area contributed by atoms with E-state index in [0.29, 0.717) is 30.5 Å². The quantitative estimate of drug-likeness (QED) is 0.161. The first-order valence-electron chi connectivity index (χ1n) is 9.28.